The van der Waals surface area contributed by atoms with Gasteiger partial charge in [-0.15, -0.1) is 0 Å². The number of hydrogen-bond acceptors (Lipinski definition) is 6. The molecule has 0 saturated heterocycles. The van der Waals surface area contributed by atoms with E-state index in [-0.39, 0.29) is 42.2 Å². The standard InChI is InChI=1S/C26H33N3O5S/c1-5-6-7-10-21-12-13-25-23(15-21)34-24(17-28(4)26(31)22-11-8-9-14-27-22)19(2)16-29(20(3)18-30)35(25,32)33/h8-9,11-15,19-20,24,30H,5-6,16-18H2,1-4H3/t19-,20+,24-/m1/s1. The average Bonchev–Trinajstić information content (AvgIpc) is 2.85. The summed E-state index contributed by atoms with van der Waals surface area (Å²) >= 11 is 0. The predicted molar refractivity (Wildman–Crippen MR) is 133 cm³/mol. The zero-order chi connectivity index (χ0) is 25.6. The van der Waals surface area contributed by atoms with Crippen LogP contribution in [0.4, 0.5) is 0 Å². The number of rotatable bonds is 6. The number of aliphatic hydroxyl groups is 1. The van der Waals surface area contributed by atoms with Crippen molar-refractivity contribution in [3.63, 3.8) is 0 Å². The summed E-state index contributed by atoms with van der Waals surface area (Å²) in [5, 5.41) is 9.77. The Hall–Kier alpha value is -2.93. The van der Waals surface area contributed by atoms with E-state index < -0.39 is 22.2 Å². The molecule has 2 aromatic rings. The molecule has 0 unspecified atom stereocenters. The topological polar surface area (TPSA) is 100 Å². The van der Waals surface area contributed by atoms with Crippen LogP contribution < -0.4 is 4.74 Å². The molecule has 1 amide bonds. The van der Waals surface area contributed by atoms with Gasteiger partial charge in [0.1, 0.15) is 22.4 Å². The Bertz CT molecular complexity index is 1190. The van der Waals surface area contributed by atoms with Gasteiger partial charge in [-0.2, -0.15) is 4.31 Å². The Kier molecular flexibility index (Phi) is 8.89. The van der Waals surface area contributed by atoms with E-state index in [1.54, 1.807) is 50.5 Å². The number of sulfonamides is 1. The lowest BCUT2D eigenvalue weighted by Gasteiger charge is -2.37. The summed E-state index contributed by atoms with van der Waals surface area (Å²) in [6, 6.07) is 9.34. The zero-order valence-electron chi connectivity index (χ0n) is 20.6. The van der Waals surface area contributed by atoms with Crippen LogP contribution in [0.3, 0.4) is 0 Å². The molecule has 0 bridgehead atoms. The number of hydrogen-bond donors (Lipinski definition) is 1. The second kappa shape index (κ2) is 11.7. The normalized spacial score (nSPS) is 20.3. The van der Waals surface area contributed by atoms with Crippen LogP contribution in [0.1, 0.15) is 49.7 Å². The highest BCUT2D eigenvalue weighted by atomic mass is 32.2. The van der Waals surface area contributed by atoms with E-state index >= 15 is 0 Å². The summed E-state index contributed by atoms with van der Waals surface area (Å²) in [5.41, 5.74) is 0.972. The predicted octanol–water partition coefficient (Wildman–Crippen LogP) is 2.77. The number of pyridine rings is 1. The molecule has 2 heterocycles. The maximum absolute atomic E-state index is 13.5. The molecule has 0 spiro atoms. The molecule has 0 saturated carbocycles. The number of amides is 1. The van der Waals surface area contributed by atoms with Crippen LogP contribution in [0, 0.1) is 17.8 Å². The lowest BCUT2D eigenvalue weighted by molar-refractivity contribution is 0.0559. The number of benzene rings is 1. The van der Waals surface area contributed by atoms with Crippen LogP contribution in [-0.4, -0.2) is 72.5 Å². The van der Waals surface area contributed by atoms with Crippen molar-refractivity contribution in [1.82, 2.24) is 14.2 Å². The van der Waals surface area contributed by atoms with Crippen molar-refractivity contribution < 1.29 is 23.1 Å². The SMILES string of the molecule is CCCC#Cc1ccc2c(c1)O[C@H](CN(C)C(=O)c1ccccn1)[C@H](C)CN([C@@H](C)CO)S2(=O)=O. The largest absolute Gasteiger partial charge is 0.487 e. The van der Waals surface area contributed by atoms with Crippen molar-refractivity contribution in [2.24, 2.45) is 5.92 Å². The van der Waals surface area contributed by atoms with Crippen molar-refractivity contribution in [3.05, 3.63) is 53.9 Å². The summed E-state index contributed by atoms with van der Waals surface area (Å²) in [6.07, 6.45) is 2.71. The molecular weight excluding hydrogens is 466 g/mol. The van der Waals surface area contributed by atoms with Crippen molar-refractivity contribution in [3.8, 4) is 17.6 Å². The molecule has 0 fully saturated rings. The minimum Gasteiger partial charge on any atom is -0.487 e. The molecule has 1 aliphatic heterocycles. The number of fused-ring (bicyclic) bond motifs is 1. The third-order valence-electron chi connectivity index (χ3n) is 5.96. The van der Waals surface area contributed by atoms with Crippen LogP contribution >= 0.6 is 0 Å². The molecule has 35 heavy (non-hydrogen) atoms. The minimum absolute atomic E-state index is 0.0226. The first-order valence-corrected chi connectivity index (χ1v) is 13.2. The van der Waals surface area contributed by atoms with Crippen LogP contribution in [0.5, 0.6) is 5.75 Å². The van der Waals surface area contributed by atoms with Gasteiger partial charge in [-0.25, -0.2) is 8.42 Å². The van der Waals surface area contributed by atoms with Crippen LogP contribution in [0.2, 0.25) is 0 Å². The number of aliphatic hydroxyl groups excluding tert-OH is 1. The van der Waals surface area contributed by atoms with Gasteiger partial charge in [0.05, 0.1) is 13.2 Å². The number of ether oxygens (including phenoxy) is 1. The van der Waals surface area contributed by atoms with Gasteiger partial charge >= 0.3 is 0 Å². The Labute approximate surface area is 208 Å². The van der Waals surface area contributed by atoms with Crippen molar-refractivity contribution >= 4 is 15.9 Å². The fraction of sp³-hybridized carbons (Fsp3) is 0.462. The summed E-state index contributed by atoms with van der Waals surface area (Å²) < 4.78 is 34.7. The molecule has 3 atom stereocenters. The highest BCUT2D eigenvalue weighted by Crippen LogP contribution is 2.34. The molecule has 1 aliphatic rings. The van der Waals surface area contributed by atoms with Crippen molar-refractivity contribution in [2.45, 2.75) is 50.7 Å². The number of unbranched alkanes of at least 4 members (excludes halogenated alkanes) is 1. The third-order valence-corrected chi connectivity index (χ3v) is 7.98. The first-order valence-electron chi connectivity index (χ1n) is 11.8. The molecule has 1 aromatic heterocycles. The van der Waals surface area contributed by atoms with Gasteiger partial charge in [0.15, 0.2) is 0 Å². The molecule has 9 heteroatoms. The Morgan fingerprint density at radius 2 is 2.11 bits per heavy atom. The second-order valence-corrected chi connectivity index (χ2v) is 10.7. The van der Waals surface area contributed by atoms with Crippen LogP contribution in [0.15, 0.2) is 47.5 Å². The van der Waals surface area contributed by atoms with Crippen molar-refractivity contribution in [1.29, 1.82) is 0 Å². The van der Waals surface area contributed by atoms with Crippen LogP contribution in [0.25, 0.3) is 0 Å². The molecule has 3 rings (SSSR count). The number of likely N-dealkylation sites (N-methyl/N-ethyl adjacent to an activating group) is 1. The molecule has 1 aromatic carbocycles. The van der Waals surface area contributed by atoms with E-state index in [4.69, 9.17) is 4.74 Å². The lowest BCUT2D eigenvalue weighted by Crippen LogP contribution is -2.50. The molecule has 188 valence electrons. The molecule has 1 N–H and O–H groups in total. The fourth-order valence-electron chi connectivity index (χ4n) is 3.85. The first-order chi connectivity index (χ1) is 16.7. The number of aromatic nitrogens is 1. The highest BCUT2D eigenvalue weighted by Gasteiger charge is 2.38. The highest BCUT2D eigenvalue weighted by molar-refractivity contribution is 7.89. The van der Waals surface area contributed by atoms with Gasteiger partial charge in [-0.05, 0) is 43.7 Å². The number of nitrogens with zero attached hydrogens (tertiary/aromatic N) is 3. The molecule has 0 radical (unpaired) electrons. The molecular formula is C26H33N3O5S. The third kappa shape index (κ3) is 6.20. The summed E-state index contributed by atoms with van der Waals surface area (Å²) in [6.45, 7) is 5.64. The van der Waals surface area contributed by atoms with E-state index in [9.17, 15) is 18.3 Å². The maximum Gasteiger partial charge on any atom is 0.272 e. The smallest absolute Gasteiger partial charge is 0.272 e. The van der Waals surface area contributed by atoms with E-state index in [0.29, 0.717) is 11.3 Å². The van der Waals surface area contributed by atoms with Gasteiger partial charge in [0.25, 0.3) is 5.91 Å². The van der Waals surface area contributed by atoms with E-state index in [1.807, 2.05) is 13.8 Å². The molecule has 8 nitrogen and oxygen atoms in total. The van der Waals surface area contributed by atoms with Gasteiger partial charge in [-0.3, -0.25) is 9.78 Å². The monoisotopic (exact) mass is 499 g/mol. The van der Waals surface area contributed by atoms with Gasteiger partial charge < -0.3 is 14.7 Å². The van der Waals surface area contributed by atoms with E-state index in [2.05, 4.69) is 16.8 Å². The van der Waals surface area contributed by atoms with Gasteiger partial charge in [-0.1, -0.05) is 31.8 Å². The maximum atomic E-state index is 13.5. The van der Waals surface area contributed by atoms with Gasteiger partial charge in [0.2, 0.25) is 10.0 Å². The number of carbonyl (C=O) groups is 1. The lowest BCUT2D eigenvalue weighted by atomic mass is 10.0. The Morgan fingerprint density at radius 1 is 1.34 bits per heavy atom. The minimum atomic E-state index is -3.93. The zero-order valence-corrected chi connectivity index (χ0v) is 21.5. The Morgan fingerprint density at radius 3 is 2.77 bits per heavy atom. The summed E-state index contributed by atoms with van der Waals surface area (Å²) in [7, 11) is -2.26. The quantitative estimate of drug-likeness (QED) is 0.614. The summed E-state index contributed by atoms with van der Waals surface area (Å²) in [4.78, 5) is 18.6. The average molecular weight is 500 g/mol. The molecule has 0 aliphatic carbocycles. The first kappa shape index (κ1) is 26.7. The second-order valence-electron chi connectivity index (χ2n) is 8.85. The fourth-order valence-corrected chi connectivity index (χ4v) is 5.67. The van der Waals surface area contributed by atoms with Crippen LogP contribution in [-0.2, 0) is 10.0 Å². The Balaban J connectivity index is 2.01. The van der Waals surface area contributed by atoms with E-state index in [1.165, 1.54) is 15.3 Å². The van der Waals surface area contributed by atoms with Crippen molar-refractivity contribution in [2.75, 3.05) is 26.7 Å². The number of carbonyl (C=O) groups excluding carboxylic acids is 1. The van der Waals surface area contributed by atoms with Gasteiger partial charge in [0, 0.05) is 43.7 Å². The summed E-state index contributed by atoms with van der Waals surface area (Å²) in [5.74, 6) is 5.79. The van der Waals surface area contributed by atoms with E-state index in [0.717, 1.165) is 12.8 Å².